The van der Waals surface area contributed by atoms with Gasteiger partial charge in [-0.1, -0.05) is 51.4 Å². The van der Waals surface area contributed by atoms with Crippen LogP contribution in [0.25, 0.3) is 5.69 Å². The van der Waals surface area contributed by atoms with E-state index in [4.69, 9.17) is 16.7 Å². The molecule has 372 valence electrons. The van der Waals surface area contributed by atoms with Crippen LogP contribution in [0, 0.1) is 5.41 Å². The molecule has 15 nitrogen and oxygen atoms in total. The first kappa shape index (κ1) is 54.2. The molecule has 5 rings (SSSR count). The van der Waals surface area contributed by atoms with Crippen molar-refractivity contribution in [3.63, 3.8) is 0 Å². The highest BCUT2D eigenvalue weighted by Crippen LogP contribution is 2.45. The number of likely N-dealkylation sites (N-methyl/N-ethyl adjacent to an activating group) is 2. The Labute approximate surface area is 403 Å². The Morgan fingerprint density at radius 2 is 1.59 bits per heavy atom. The SMILES string of the molecule is CCC(CC)N(CCN(C)C(=O)CCC(=O)N(C)C[C@H](O)[C@@H](O)[C@H](O)[C@H](O)CO)Cc1cccc(C(=O)Nc2sc3c(c2C(=O)c2cnn(-c4ccc(Cl)c(C(F)(F)F)c4)c2)CCC(C)(C)C3)c1. The highest BCUT2D eigenvalue weighted by Gasteiger charge is 2.36. The number of benzene rings is 2. The quantitative estimate of drug-likeness (QED) is 0.0525. The van der Waals surface area contributed by atoms with Crippen molar-refractivity contribution in [2.45, 2.75) is 116 Å². The lowest BCUT2D eigenvalue weighted by Crippen LogP contribution is -2.50. The number of ketones is 1. The zero-order valence-corrected chi connectivity index (χ0v) is 40.7. The number of amides is 3. The lowest BCUT2D eigenvalue weighted by molar-refractivity contribution is -0.140. The van der Waals surface area contributed by atoms with Crippen molar-refractivity contribution in [3.05, 3.63) is 98.1 Å². The van der Waals surface area contributed by atoms with Gasteiger partial charge < -0.3 is 40.6 Å². The summed E-state index contributed by atoms with van der Waals surface area (Å²) in [6.07, 6.45) is -5.58. The van der Waals surface area contributed by atoms with E-state index in [-0.39, 0.29) is 48.0 Å². The Hall–Kier alpha value is -4.73. The number of carbonyl (C=O) groups excluding carboxylic acids is 4. The first-order chi connectivity index (χ1) is 32.0. The van der Waals surface area contributed by atoms with Gasteiger partial charge in [0.2, 0.25) is 11.8 Å². The highest BCUT2D eigenvalue weighted by atomic mass is 35.5. The van der Waals surface area contributed by atoms with Crippen LogP contribution in [0.15, 0.2) is 54.9 Å². The topological polar surface area (TPSA) is 209 Å². The molecule has 68 heavy (non-hydrogen) atoms. The van der Waals surface area contributed by atoms with Crippen LogP contribution < -0.4 is 5.32 Å². The van der Waals surface area contributed by atoms with Crippen LogP contribution in [0.1, 0.15) is 108 Å². The van der Waals surface area contributed by atoms with E-state index in [9.17, 15) is 52.8 Å². The molecule has 1 aliphatic rings. The van der Waals surface area contributed by atoms with Gasteiger partial charge in [-0.15, -0.1) is 11.3 Å². The standard InChI is InChI=1S/C48H62ClF3N6O9S/c1-7-31(8-2)57(19-18-55(5)39(62)14-15-40(63)56(6)26-36(60)43(65)44(66)37(61)27-59)24-28-10-9-11-29(20-28)45(67)54-46-41(33-16-17-47(3,4)22-38(33)68-46)42(64)30-23-53-58(25-30)32-12-13-35(49)34(21-32)48(50,51)52/h9-13,20-21,23,25,31,36-37,43-44,59-61,65-66H,7-8,14-19,22,24,26-27H2,1-6H3,(H,54,67)/t36-,37+,43+,44+/m0/s1. The van der Waals surface area contributed by atoms with Crippen molar-refractivity contribution in [1.29, 1.82) is 0 Å². The van der Waals surface area contributed by atoms with E-state index in [1.165, 1.54) is 46.4 Å². The first-order valence-electron chi connectivity index (χ1n) is 22.5. The van der Waals surface area contributed by atoms with E-state index >= 15 is 0 Å². The Morgan fingerprint density at radius 3 is 2.24 bits per heavy atom. The number of halogens is 4. The van der Waals surface area contributed by atoms with Crippen LogP contribution >= 0.6 is 22.9 Å². The van der Waals surface area contributed by atoms with Crippen molar-refractivity contribution in [3.8, 4) is 5.69 Å². The molecule has 3 amide bonds. The zero-order chi connectivity index (χ0) is 50.2. The smallest absolute Gasteiger partial charge is 0.394 e. The molecule has 2 aromatic carbocycles. The second-order valence-corrected chi connectivity index (χ2v) is 19.7. The molecule has 0 bridgehead atoms. The van der Waals surface area contributed by atoms with Crippen LogP contribution in [-0.2, 0) is 35.2 Å². The number of nitrogens with one attached hydrogen (secondary N) is 1. The second-order valence-electron chi connectivity index (χ2n) is 18.2. The van der Waals surface area contributed by atoms with Crippen molar-refractivity contribution in [1.82, 2.24) is 24.5 Å². The normalized spacial score (nSPS) is 15.4. The summed E-state index contributed by atoms with van der Waals surface area (Å²) in [7, 11) is 3.01. The maximum Gasteiger partial charge on any atom is 0.417 e. The molecule has 0 aliphatic heterocycles. The molecule has 0 saturated carbocycles. The Kier molecular flexibility index (Phi) is 18.5. The Balaban J connectivity index is 1.26. The van der Waals surface area contributed by atoms with Crippen LogP contribution in [0.2, 0.25) is 5.02 Å². The van der Waals surface area contributed by atoms with E-state index in [1.807, 2.05) is 6.07 Å². The van der Waals surface area contributed by atoms with E-state index < -0.39 is 65.4 Å². The molecule has 2 heterocycles. The van der Waals surface area contributed by atoms with Crippen molar-refractivity contribution in [2.75, 3.05) is 45.7 Å². The maximum atomic E-state index is 14.4. The minimum Gasteiger partial charge on any atom is -0.394 e. The summed E-state index contributed by atoms with van der Waals surface area (Å²) in [6, 6.07) is 10.7. The van der Waals surface area contributed by atoms with Gasteiger partial charge in [-0.05, 0) is 79.0 Å². The molecule has 1 aliphatic carbocycles. The summed E-state index contributed by atoms with van der Waals surface area (Å²) in [5.41, 5.74) is 1.49. The van der Waals surface area contributed by atoms with Crippen LogP contribution in [0.5, 0.6) is 0 Å². The van der Waals surface area contributed by atoms with Gasteiger partial charge in [0.25, 0.3) is 5.91 Å². The number of carbonyl (C=O) groups is 4. The van der Waals surface area contributed by atoms with Gasteiger partial charge in [0.05, 0.1) is 40.2 Å². The fourth-order valence-electron chi connectivity index (χ4n) is 8.30. The first-order valence-corrected chi connectivity index (χ1v) is 23.7. The van der Waals surface area contributed by atoms with Gasteiger partial charge in [0, 0.05) is 75.8 Å². The predicted octanol–water partition coefficient (Wildman–Crippen LogP) is 5.73. The number of aliphatic hydroxyl groups is 5. The largest absolute Gasteiger partial charge is 0.417 e. The molecule has 0 fully saturated rings. The summed E-state index contributed by atoms with van der Waals surface area (Å²) in [6.45, 7) is 8.47. The number of alkyl halides is 3. The minimum absolute atomic E-state index is 0.0408. The minimum atomic E-state index is -4.70. The molecule has 6 N–H and O–H groups in total. The third-order valence-electron chi connectivity index (χ3n) is 12.5. The number of rotatable bonds is 22. The average Bonchev–Trinajstić information content (AvgIpc) is 3.93. The van der Waals surface area contributed by atoms with Gasteiger partial charge in [-0.3, -0.25) is 24.1 Å². The monoisotopic (exact) mass is 990 g/mol. The number of anilines is 1. The van der Waals surface area contributed by atoms with Crippen molar-refractivity contribution in [2.24, 2.45) is 5.41 Å². The zero-order valence-electron chi connectivity index (χ0n) is 39.1. The van der Waals surface area contributed by atoms with Gasteiger partial charge in [-0.25, -0.2) is 4.68 Å². The molecule has 4 aromatic rings. The molecule has 0 saturated heterocycles. The van der Waals surface area contributed by atoms with Gasteiger partial charge in [-0.2, -0.15) is 18.3 Å². The van der Waals surface area contributed by atoms with Gasteiger partial charge >= 0.3 is 6.18 Å². The molecule has 4 atom stereocenters. The Morgan fingerprint density at radius 1 is 0.926 bits per heavy atom. The number of aromatic nitrogens is 2. The van der Waals surface area contributed by atoms with Gasteiger partial charge in [0.15, 0.2) is 5.78 Å². The predicted molar refractivity (Wildman–Crippen MR) is 252 cm³/mol. The molecule has 0 radical (unpaired) electrons. The fraction of sp³-hybridized carbons (Fsp3) is 0.521. The fourth-order valence-corrected chi connectivity index (χ4v) is 10.0. The number of hydrogen-bond acceptors (Lipinski definition) is 12. The number of aliphatic hydroxyl groups excluding tert-OH is 5. The third kappa shape index (κ3) is 13.5. The lowest BCUT2D eigenvalue weighted by Gasteiger charge is -2.32. The summed E-state index contributed by atoms with van der Waals surface area (Å²) < 4.78 is 42.1. The molecule has 0 unspecified atom stereocenters. The van der Waals surface area contributed by atoms with E-state index in [0.29, 0.717) is 48.6 Å². The average molecular weight is 992 g/mol. The summed E-state index contributed by atoms with van der Waals surface area (Å²) in [4.78, 5) is 60.3. The van der Waals surface area contributed by atoms with Crippen LogP contribution in [0.4, 0.5) is 18.2 Å². The summed E-state index contributed by atoms with van der Waals surface area (Å²) >= 11 is 7.18. The van der Waals surface area contributed by atoms with Crippen molar-refractivity contribution >= 4 is 51.4 Å². The number of fused-ring (bicyclic) bond motifs is 1. The van der Waals surface area contributed by atoms with E-state index in [0.717, 1.165) is 52.3 Å². The summed E-state index contributed by atoms with van der Waals surface area (Å²) in [5.74, 6) is -1.63. The van der Waals surface area contributed by atoms with E-state index in [2.05, 4.69) is 43.0 Å². The number of hydrogen-bond donors (Lipinski definition) is 6. The molecule has 2 aromatic heterocycles. The van der Waals surface area contributed by atoms with Gasteiger partial charge in [0.1, 0.15) is 29.4 Å². The molecular weight excluding hydrogens is 929 g/mol. The van der Waals surface area contributed by atoms with Crippen LogP contribution in [-0.4, -0.2) is 144 Å². The highest BCUT2D eigenvalue weighted by molar-refractivity contribution is 7.17. The third-order valence-corrected chi connectivity index (χ3v) is 14.0. The van der Waals surface area contributed by atoms with Crippen LogP contribution in [0.3, 0.4) is 0 Å². The number of thiophene rings is 1. The number of nitrogens with zero attached hydrogens (tertiary/aromatic N) is 5. The summed E-state index contributed by atoms with van der Waals surface area (Å²) in [5, 5.41) is 55.9. The van der Waals surface area contributed by atoms with Crippen molar-refractivity contribution < 1.29 is 57.9 Å². The maximum absolute atomic E-state index is 14.4. The molecular formula is C48H62ClF3N6O9S. The van der Waals surface area contributed by atoms with E-state index in [1.54, 1.807) is 25.2 Å². The molecule has 0 spiro atoms. The molecule has 20 heteroatoms. The second kappa shape index (κ2) is 23.3. The lowest BCUT2D eigenvalue weighted by atomic mass is 9.76. The Bertz CT molecular complexity index is 2410.